The second-order valence-corrected chi connectivity index (χ2v) is 9.61. The molecule has 1 aromatic heterocycles. The van der Waals surface area contributed by atoms with Crippen LogP contribution in [0.2, 0.25) is 5.02 Å². The van der Waals surface area contributed by atoms with Gasteiger partial charge in [0.25, 0.3) is 15.9 Å². The summed E-state index contributed by atoms with van der Waals surface area (Å²) in [6.07, 6.45) is 0. The molecule has 3 N–H and O–H groups in total. The average Bonchev–Trinajstić information content (AvgIpc) is 3.24. The number of hydrogen-bond acceptors (Lipinski definition) is 7. The minimum atomic E-state index is -4.14. The molecule has 0 saturated heterocycles. The van der Waals surface area contributed by atoms with E-state index in [0.717, 1.165) is 3.97 Å². The topological polar surface area (TPSA) is 130 Å². The highest BCUT2D eigenvalue weighted by Gasteiger charge is 2.27. The van der Waals surface area contributed by atoms with Crippen LogP contribution in [-0.4, -0.2) is 38.0 Å². The highest BCUT2D eigenvalue weighted by atomic mass is 35.5. The molecule has 0 aliphatic carbocycles. The predicted molar refractivity (Wildman–Crippen MR) is 132 cm³/mol. The molecule has 0 aliphatic rings. The fraction of sp³-hybridized carbons (Fsp3) is 0.0833. The number of carbonyl (C=O) groups is 2. The first kappa shape index (κ1) is 24.1. The van der Waals surface area contributed by atoms with E-state index >= 15 is 0 Å². The maximum Gasteiger partial charge on any atom is 0.343 e. The van der Waals surface area contributed by atoms with Crippen LogP contribution in [0.15, 0.2) is 77.7 Å². The third-order valence-corrected chi connectivity index (χ3v) is 7.07. The smallest absolute Gasteiger partial charge is 0.343 e. The third-order valence-electron chi connectivity index (χ3n) is 5.09. The molecular formula is C24H20ClN3O6S. The number of aromatic nitrogens is 1. The highest BCUT2D eigenvalue weighted by molar-refractivity contribution is 7.90. The maximum absolute atomic E-state index is 13.5. The average molecular weight is 514 g/mol. The molecule has 3 aromatic carbocycles. The Kier molecular flexibility index (Phi) is 6.68. The molecule has 1 amide bonds. The number of nitrogens with two attached hydrogens (primary N) is 1. The van der Waals surface area contributed by atoms with Crippen LogP contribution in [0.1, 0.15) is 10.5 Å². The van der Waals surface area contributed by atoms with E-state index in [1.165, 1.54) is 49.6 Å². The first-order valence-electron chi connectivity index (χ1n) is 10.2. The summed E-state index contributed by atoms with van der Waals surface area (Å²) in [7, 11) is -2.90. The number of nitrogens with zero attached hydrogens (tertiary/aromatic N) is 1. The highest BCUT2D eigenvalue weighted by Crippen LogP contribution is 2.30. The Bertz CT molecular complexity index is 1530. The minimum absolute atomic E-state index is 0.0132. The second-order valence-electron chi connectivity index (χ2n) is 7.38. The van der Waals surface area contributed by atoms with Gasteiger partial charge in [0.1, 0.15) is 11.4 Å². The SMILES string of the molecule is COC(=O)COc1ccc(N)c(NC(=O)c2cc3cc(Cl)ccc3n2S(=O)(=O)c2ccccc2)c1. The number of carbonyl (C=O) groups excluding carboxylic acids is 2. The molecule has 180 valence electrons. The van der Waals surface area contributed by atoms with E-state index in [0.29, 0.717) is 10.4 Å². The van der Waals surface area contributed by atoms with Crippen LogP contribution in [0.25, 0.3) is 10.9 Å². The molecule has 4 aromatic rings. The summed E-state index contributed by atoms with van der Waals surface area (Å²) in [5, 5.41) is 3.48. The number of hydrogen-bond donors (Lipinski definition) is 2. The van der Waals surface area contributed by atoms with Gasteiger partial charge in [0, 0.05) is 16.5 Å². The van der Waals surface area contributed by atoms with Crippen LogP contribution in [0.3, 0.4) is 0 Å². The molecule has 0 atom stereocenters. The molecule has 0 unspecified atom stereocenters. The Labute approximate surface area is 206 Å². The maximum atomic E-state index is 13.5. The number of rotatable bonds is 7. The predicted octanol–water partition coefficient (Wildman–Crippen LogP) is 3.92. The summed E-state index contributed by atoms with van der Waals surface area (Å²) in [5.74, 6) is -1.06. The van der Waals surface area contributed by atoms with Crippen LogP contribution in [0.4, 0.5) is 11.4 Å². The van der Waals surface area contributed by atoms with E-state index in [4.69, 9.17) is 22.1 Å². The van der Waals surface area contributed by atoms with Gasteiger partial charge in [-0.15, -0.1) is 0 Å². The van der Waals surface area contributed by atoms with Gasteiger partial charge in [0.15, 0.2) is 6.61 Å². The van der Waals surface area contributed by atoms with Gasteiger partial charge in [-0.2, -0.15) is 0 Å². The third kappa shape index (κ3) is 4.93. The van der Waals surface area contributed by atoms with Crippen molar-refractivity contribution in [1.29, 1.82) is 0 Å². The molecule has 11 heteroatoms. The van der Waals surface area contributed by atoms with E-state index < -0.39 is 21.9 Å². The number of anilines is 2. The van der Waals surface area contributed by atoms with Crippen molar-refractivity contribution < 1.29 is 27.5 Å². The molecule has 0 spiro atoms. The number of nitrogens with one attached hydrogen (secondary N) is 1. The van der Waals surface area contributed by atoms with Gasteiger partial charge in [-0.25, -0.2) is 17.2 Å². The van der Waals surface area contributed by atoms with E-state index in [-0.39, 0.29) is 39.8 Å². The molecule has 1 heterocycles. The Morgan fingerprint density at radius 3 is 2.49 bits per heavy atom. The lowest BCUT2D eigenvalue weighted by atomic mass is 10.2. The van der Waals surface area contributed by atoms with Crippen LogP contribution in [0.5, 0.6) is 5.75 Å². The minimum Gasteiger partial charge on any atom is -0.482 e. The van der Waals surface area contributed by atoms with E-state index in [1.807, 2.05) is 0 Å². The first-order chi connectivity index (χ1) is 16.7. The lowest BCUT2D eigenvalue weighted by molar-refractivity contribution is -0.142. The zero-order valence-corrected chi connectivity index (χ0v) is 20.0. The summed E-state index contributed by atoms with van der Waals surface area (Å²) in [6.45, 7) is -0.335. The largest absolute Gasteiger partial charge is 0.482 e. The monoisotopic (exact) mass is 513 g/mol. The number of fused-ring (bicyclic) bond motifs is 1. The molecule has 0 fully saturated rings. The summed E-state index contributed by atoms with van der Waals surface area (Å²) in [4.78, 5) is 24.7. The van der Waals surface area contributed by atoms with Gasteiger partial charge < -0.3 is 20.5 Å². The summed E-state index contributed by atoms with van der Waals surface area (Å²) in [5.41, 5.74) is 6.52. The van der Waals surface area contributed by atoms with Crippen molar-refractivity contribution in [2.75, 3.05) is 24.8 Å². The van der Waals surface area contributed by atoms with Crippen molar-refractivity contribution in [3.05, 3.63) is 83.5 Å². The van der Waals surface area contributed by atoms with Crippen LogP contribution >= 0.6 is 11.6 Å². The summed E-state index contributed by atoms with van der Waals surface area (Å²) < 4.78 is 37.9. The van der Waals surface area contributed by atoms with Crippen molar-refractivity contribution in [3.8, 4) is 5.75 Å². The molecule has 0 saturated carbocycles. The van der Waals surface area contributed by atoms with Gasteiger partial charge >= 0.3 is 5.97 Å². The van der Waals surface area contributed by atoms with Gasteiger partial charge in [0.2, 0.25) is 0 Å². The van der Waals surface area contributed by atoms with Crippen molar-refractivity contribution in [2.45, 2.75) is 4.90 Å². The Morgan fingerprint density at radius 2 is 1.77 bits per heavy atom. The van der Waals surface area contributed by atoms with Gasteiger partial charge in [-0.05, 0) is 48.5 Å². The number of amides is 1. The number of benzene rings is 3. The van der Waals surface area contributed by atoms with E-state index in [1.54, 1.807) is 30.3 Å². The molecule has 0 aliphatic heterocycles. The number of nitrogen functional groups attached to an aromatic ring is 1. The van der Waals surface area contributed by atoms with Crippen molar-refractivity contribution in [2.24, 2.45) is 0 Å². The summed E-state index contributed by atoms with van der Waals surface area (Å²) in [6, 6.07) is 18.3. The van der Waals surface area contributed by atoms with Crippen LogP contribution in [0, 0.1) is 0 Å². The van der Waals surface area contributed by atoms with Gasteiger partial charge in [-0.1, -0.05) is 29.8 Å². The lowest BCUT2D eigenvalue weighted by Crippen LogP contribution is -2.22. The normalized spacial score (nSPS) is 11.3. The molecular weight excluding hydrogens is 494 g/mol. The Hall–Kier alpha value is -4.02. The van der Waals surface area contributed by atoms with E-state index in [2.05, 4.69) is 10.1 Å². The number of methoxy groups -OCH3 is 1. The quantitative estimate of drug-likeness (QED) is 0.283. The van der Waals surface area contributed by atoms with Gasteiger partial charge in [-0.3, -0.25) is 4.79 Å². The molecule has 0 radical (unpaired) electrons. The Morgan fingerprint density at radius 1 is 1.03 bits per heavy atom. The molecule has 4 rings (SSSR count). The number of esters is 1. The summed E-state index contributed by atoms with van der Waals surface area (Å²) >= 11 is 6.10. The second kappa shape index (κ2) is 9.69. The van der Waals surface area contributed by atoms with Gasteiger partial charge in [0.05, 0.1) is 28.9 Å². The molecule has 9 nitrogen and oxygen atoms in total. The van der Waals surface area contributed by atoms with Crippen molar-refractivity contribution >= 4 is 55.8 Å². The lowest BCUT2D eigenvalue weighted by Gasteiger charge is -2.14. The fourth-order valence-electron chi connectivity index (χ4n) is 3.40. The van der Waals surface area contributed by atoms with E-state index in [9.17, 15) is 18.0 Å². The Balaban J connectivity index is 1.76. The standard InChI is InChI=1S/C24H20ClN3O6S/c1-33-23(29)14-34-17-8-9-19(26)20(13-17)27-24(30)22-12-15-11-16(25)7-10-21(15)28(22)35(31,32)18-5-3-2-4-6-18/h2-13H,14,26H2,1H3,(H,27,30). The number of halogens is 1. The molecule has 0 bridgehead atoms. The molecule has 35 heavy (non-hydrogen) atoms. The number of ether oxygens (including phenoxy) is 2. The van der Waals surface area contributed by atoms with Crippen molar-refractivity contribution in [3.63, 3.8) is 0 Å². The van der Waals surface area contributed by atoms with Crippen molar-refractivity contribution in [1.82, 2.24) is 3.97 Å². The van der Waals surface area contributed by atoms with Crippen LogP contribution in [-0.2, 0) is 19.6 Å². The zero-order chi connectivity index (χ0) is 25.2. The first-order valence-corrected chi connectivity index (χ1v) is 12.0. The van der Waals surface area contributed by atoms with Crippen LogP contribution < -0.4 is 15.8 Å². The fourth-order valence-corrected chi connectivity index (χ4v) is 5.11. The zero-order valence-electron chi connectivity index (χ0n) is 18.4.